The summed E-state index contributed by atoms with van der Waals surface area (Å²) >= 11 is 1.58. The number of rotatable bonds is 0. The van der Waals surface area contributed by atoms with Crippen LogP contribution in [0.1, 0.15) is 41.5 Å². The van der Waals surface area contributed by atoms with Gasteiger partial charge in [-0.05, 0) is 42.9 Å². The van der Waals surface area contributed by atoms with E-state index in [4.69, 9.17) is 4.98 Å². The molecule has 1 aromatic carbocycles. The molecule has 0 saturated heterocycles. The average molecular weight is 349 g/mol. The minimum atomic E-state index is 0.0605. The second kappa shape index (κ2) is 5.82. The highest BCUT2D eigenvalue weighted by molar-refractivity contribution is 7.12. The Balaban J connectivity index is 1.77. The molecule has 0 aliphatic carbocycles. The third kappa shape index (κ3) is 3.10. The Morgan fingerprint density at radius 2 is 2.12 bits per heavy atom. The lowest BCUT2D eigenvalue weighted by Crippen LogP contribution is -2.36. The zero-order chi connectivity index (χ0) is 17.6. The summed E-state index contributed by atoms with van der Waals surface area (Å²) in [5, 5.41) is 1.67. The largest absolute Gasteiger partial charge is 0.296 e. The molecule has 0 atom stereocenters. The maximum atomic E-state index is 12.8. The second-order valence-corrected chi connectivity index (χ2v) is 8.54. The molecule has 4 nitrogen and oxygen atoms in total. The molecule has 25 heavy (non-hydrogen) atoms. The van der Waals surface area contributed by atoms with Crippen molar-refractivity contribution in [2.24, 2.45) is 5.41 Å². The second-order valence-electron chi connectivity index (χ2n) is 7.31. The number of fused-ring (bicyclic) bond motifs is 2. The maximum absolute atomic E-state index is 12.8. The molecule has 1 aliphatic rings. The molecule has 4 rings (SSSR count). The number of aromatic nitrogens is 3. The Hall–Kier alpha value is -2.45. The van der Waals surface area contributed by atoms with E-state index in [1.54, 1.807) is 17.5 Å². The molecule has 1 aliphatic heterocycles. The van der Waals surface area contributed by atoms with E-state index < -0.39 is 0 Å². The van der Waals surface area contributed by atoms with Crippen molar-refractivity contribution in [2.75, 3.05) is 0 Å². The third-order valence-corrected chi connectivity index (χ3v) is 5.43. The first-order valence-electron chi connectivity index (χ1n) is 8.39. The standard InChI is InChI=1S/C20H19N3OS/c1-13-21-11-15(25-13)6-4-14-5-7-16-17(10-14)22-18-8-9-20(2,3)12-23(18)19(16)24/h5,7,10-11H,8-9,12H2,1-3H3. The Kier molecular flexibility index (Phi) is 3.73. The summed E-state index contributed by atoms with van der Waals surface area (Å²) in [7, 11) is 0. The summed E-state index contributed by atoms with van der Waals surface area (Å²) in [4.78, 5) is 22.7. The highest BCUT2D eigenvalue weighted by Gasteiger charge is 2.27. The van der Waals surface area contributed by atoms with Gasteiger partial charge in [0, 0.05) is 18.5 Å². The fourth-order valence-corrected chi connectivity index (χ4v) is 3.84. The van der Waals surface area contributed by atoms with Crippen LogP contribution in [0.4, 0.5) is 0 Å². The molecule has 0 spiro atoms. The summed E-state index contributed by atoms with van der Waals surface area (Å²) in [5.41, 5.74) is 1.81. The third-order valence-electron chi connectivity index (χ3n) is 4.60. The molecule has 0 saturated carbocycles. The highest BCUT2D eigenvalue weighted by atomic mass is 32.1. The van der Waals surface area contributed by atoms with Gasteiger partial charge in [-0.2, -0.15) is 0 Å². The summed E-state index contributed by atoms with van der Waals surface area (Å²) in [6, 6.07) is 5.66. The Labute approximate surface area is 150 Å². The van der Waals surface area contributed by atoms with Crippen molar-refractivity contribution >= 4 is 22.2 Å². The van der Waals surface area contributed by atoms with E-state index in [-0.39, 0.29) is 11.0 Å². The molecule has 2 aromatic heterocycles. The topological polar surface area (TPSA) is 47.8 Å². The predicted octanol–water partition coefficient (Wildman–Crippen LogP) is 3.53. The van der Waals surface area contributed by atoms with Crippen LogP contribution in [0.5, 0.6) is 0 Å². The van der Waals surface area contributed by atoms with E-state index in [0.717, 1.165) is 46.2 Å². The van der Waals surface area contributed by atoms with Crippen LogP contribution in [0.15, 0.2) is 29.2 Å². The first-order chi connectivity index (χ1) is 11.9. The van der Waals surface area contributed by atoms with Gasteiger partial charge >= 0.3 is 0 Å². The van der Waals surface area contributed by atoms with Crippen molar-refractivity contribution in [1.29, 1.82) is 0 Å². The van der Waals surface area contributed by atoms with Gasteiger partial charge in [-0.15, -0.1) is 11.3 Å². The van der Waals surface area contributed by atoms with Gasteiger partial charge in [0.15, 0.2) is 0 Å². The predicted molar refractivity (Wildman–Crippen MR) is 101 cm³/mol. The minimum absolute atomic E-state index is 0.0605. The molecule has 5 heteroatoms. The van der Waals surface area contributed by atoms with Crippen molar-refractivity contribution in [3.63, 3.8) is 0 Å². The number of thiazole rings is 1. The van der Waals surface area contributed by atoms with Crippen molar-refractivity contribution in [1.82, 2.24) is 14.5 Å². The smallest absolute Gasteiger partial charge is 0.261 e. The Morgan fingerprint density at radius 3 is 2.88 bits per heavy atom. The van der Waals surface area contributed by atoms with Crippen molar-refractivity contribution in [2.45, 2.75) is 40.2 Å². The monoisotopic (exact) mass is 349 g/mol. The first-order valence-corrected chi connectivity index (χ1v) is 9.21. The summed E-state index contributed by atoms with van der Waals surface area (Å²) in [5.74, 6) is 7.17. The zero-order valence-corrected chi connectivity index (χ0v) is 15.4. The summed E-state index contributed by atoms with van der Waals surface area (Å²) < 4.78 is 1.84. The molecule has 3 aromatic rings. The van der Waals surface area contributed by atoms with Crippen molar-refractivity contribution in [3.8, 4) is 11.8 Å². The fraction of sp³-hybridized carbons (Fsp3) is 0.350. The van der Waals surface area contributed by atoms with Gasteiger partial charge in [0.25, 0.3) is 5.56 Å². The van der Waals surface area contributed by atoms with Gasteiger partial charge in [-0.1, -0.05) is 19.8 Å². The number of aryl methyl sites for hydroxylation is 2. The van der Waals surface area contributed by atoms with Crippen LogP contribution in [-0.2, 0) is 13.0 Å². The Morgan fingerprint density at radius 1 is 1.28 bits per heavy atom. The zero-order valence-electron chi connectivity index (χ0n) is 14.6. The number of hydrogen-bond acceptors (Lipinski definition) is 4. The van der Waals surface area contributed by atoms with Gasteiger partial charge < -0.3 is 0 Å². The molecule has 0 fully saturated rings. The highest BCUT2D eigenvalue weighted by Crippen LogP contribution is 2.29. The normalized spacial score (nSPS) is 15.5. The van der Waals surface area contributed by atoms with Crippen LogP contribution in [0.2, 0.25) is 0 Å². The van der Waals surface area contributed by atoms with E-state index in [0.29, 0.717) is 5.39 Å². The molecule has 3 heterocycles. The summed E-state index contributed by atoms with van der Waals surface area (Å²) in [6.07, 6.45) is 3.68. The van der Waals surface area contributed by atoms with Crippen LogP contribution in [0.3, 0.4) is 0 Å². The lowest BCUT2D eigenvalue weighted by Gasteiger charge is -2.31. The van der Waals surface area contributed by atoms with Crippen molar-refractivity contribution in [3.05, 3.63) is 56.0 Å². The SMILES string of the molecule is Cc1ncc(C#Cc2ccc3c(=O)n4c(nc3c2)CCC(C)(C)C4)s1. The van der Waals surface area contributed by atoms with E-state index in [2.05, 4.69) is 30.7 Å². The first kappa shape index (κ1) is 16.0. The average Bonchev–Trinajstić information content (AvgIpc) is 2.99. The van der Waals surface area contributed by atoms with Gasteiger partial charge in [0.2, 0.25) is 0 Å². The Bertz CT molecular complexity index is 1100. The van der Waals surface area contributed by atoms with Gasteiger partial charge in [-0.3, -0.25) is 9.36 Å². The van der Waals surface area contributed by atoms with Crippen LogP contribution in [-0.4, -0.2) is 14.5 Å². The molecular formula is C20H19N3OS. The van der Waals surface area contributed by atoms with Gasteiger partial charge in [-0.25, -0.2) is 9.97 Å². The summed E-state index contributed by atoms with van der Waals surface area (Å²) in [6.45, 7) is 7.10. The van der Waals surface area contributed by atoms with E-state index in [1.165, 1.54) is 0 Å². The van der Waals surface area contributed by atoms with Crippen LogP contribution in [0.25, 0.3) is 10.9 Å². The minimum Gasteiger partial charge on any atom is -0.296 e. The molecule has 0 radical (unpaired) electrons. The van der Waals surface area contributed by atoms with Crippen LogP contribution in [0, 0.1) is 24.2 Å². The molecule has 126 valence electrons. The quantitative estimate of drug-likeness (QED) is 0.583. The van der Waals surface area contributed by atoms with Crippen molar-refractivity contribution < 1.29 is 0 Å². The molecule has 0 unspecified atom stereocenters. The van der Waals surface area contributed by atoms with Gasteiger partial charge in [0.1, 0.15) is 5.82 Å². The molecule has 0 N–H and O–H groups in total. The number of nitrogens with zero attached hydrogens (tertiary/aromatic N) is 3. The fourth-order valence-electron chi connectivity index (χ4n) is 3.21. The maximum Gasteiger partial charge on any atom is 0.261 e. The van der Waals surface area contributed by atoms with Crippen LogP contribution < -0.4 is 5.56 Å². The van der Waals surface area contributed by atoms with E-state index in [9.17, 15) is 4.79 Å². The number of hydrogen-bond donors (Lipinski definition) is 0. The molecule has 0 amide bonds. The molecule has 0 bridgehead atoms. The van der Waals surface area contributed by atoms with E-state index >= 15 is 0 Å². The molecular weight excluding hydrogens is 330 g/mol. The van der Waals surface area contributed by atoms with Crippen LogP contribution >= 0.6 is 11.3 Å². The lowest BCUT2D eigenvalue weighted by molar-refractivity contribution is 0.240. The van der Waals surface area contributed by atoms with Gasteiger partial charge in [0.05, 0.1) is 27.0 Å². The lowest BCUT2D eigenvalue weighted by atomic mass is 9.85. The number of benzene rings is 1. The van der Waals surface area contributed by atoms with E-state index in [1.807, 2.05) is 29.7 Å².